The van der Waals surface area contributed by atoms with Crippen LogP contribution in [0.2, 0.25) is 0 Å². The number of rotatable bonds is 5. The van der Waals surface area contributed by atoms with E-state index in [4.69, 9.17) is 4.74 Å². The van der Waals surface area contributed by atoms with E-state index in [1.165, 1.54) is 30.3 Å². The zero-order chi connectivity index (χ0) is 21.4. The molecule has 0 bridgehead atoms. The Kier molecular flexibility index (Phi) is 5.42. The van der Waals surface area contributed by atoms with Crippen LogP contribution in [0.25, 0.3) is 0 Å². The number of benzene rings is 3. The number of esters is 1. The summed E-state index contributed by atoms with van der Waals surface area (Å²) < 4.78 is 53.1. The average molecular weight is 445 g/mol. The molecule has 0 radical (unpaired) electrons. The van der Waals surface area contributed by atoms with Crippen LogP contribution < -0.4 is 0 Å². The fourth-order valence-corrected chi connectivity index (χ4v) is 8.00. The lowest BCUT2D eigenvalue weighted by Gasteiger charge is -2.27. The van der Waals surface area contributed by atoms with Crippen molar-refractivity contribution in [2.45, 2.75) is 21.6 Å². The fourth-order valence-electron chi connectivity index (χ4n) is 3.54. The van der Waals surface area contributed by atoms with Crippen molar-refractivity contribution >= 4 is 26.4 Å². The normalized spacial score (nSPS) is 18.4. The van der Waals surface area contributed by atoms with Gasteiger partial charge in [0.2, 0.25) is 0 Å². The molecule has 2 N–H and O–H groups in total. The zero-order valence-electron chi connectivity index (χ0n) is 15.8. The van der Waals surface area contributed by atoms with E-state index in [0.29, 0.717) is 0 Å². The molecule has 0 saturated carbocycles. The second-order valence-corrected chi connectivity index (χ2v) is 11.2. The van der Waals surface area contributed by atoms with Crippen LogP contribution in [0.3, 0.4) is 0 Å². The Morgan fingerprint density at radius 2 is 1.57 bits per heavy atom. The monoisotopic (exact) mass is 444 g/mol. The quantitative estimate of drug-likeness (QED) is 0.554. The van der Waals surface area contributed by atoms with Crippen molar-refractivity contribution in [2.75, 3.05) is 5.75 Å². The molecule has 0 aromatic heterocycles. The van der Waals surface area contributed by atoms with Gasteiger partial charge in [0.15, 0.2) is 9.84 Å². The molecule has 1 atom stereocenters. The van der Waals surface area contributed by atoms with Crippen LogP contribution in [-0.2, 0) is 21.2 Å². The van der Waals surface area contributed by atoms with Crippen LogP contribution in [-0.4, -0.2) is 29.2 Å². The van der Waals surface area contributed by atoms with E-state index in [1.807, 2.05) is 30.3 Å². The minimum absolute atomic E-state index is 0.0235. The summed E-state index contributed by atoms with van der Waals surface area (Å²) in [5.74, 6) is -1.09. The Labute approximate surface area is 176 Å². The molecule has 1 aliphatic rings. The molecular weight excluding hydrogens is 424 g/mol. The predicted molar refractivity (Wildman–Crippen MR) is 114 cm³/mol. The lowest BCUT2D eigenvalue weighted by atomic mass is 10.1. The van der Waals surface area contributed by atoms with E-state index in [-0.39, 0.29) is 33.3 Å². The standard InChI is InChI=1S/C22H20O6S2/c23-22(28-14-16-8-3-1-4-9-16)18-12-7-13-19-21(18)20(15-29(19,24)25)30(26,27)17-10-5-2-6-11-17/h1-13,20,24-25H,14-15H2. The van der Waals surface area contributed by atoms with Crippen molar-refractivity contribution in [1.82, 2.24) is 0 Å². The number of hydrogen-bond donors (Lipinski definition) is 2. The minimum atomic E-state index is -3.95. The summed E-state index contributed by atoms with van der Waals surface area (Å²) in [5.41, 5.74) is 0.931. The Morgan fingerprint density at radius 1 is 0.933 bits per heavy atom. The first-order valence-electron chi connectivity index (χ1n) is 9.19. The van der Waals surface area contributed by atoms with Crippen LogP contribution in [0.15, 0.2) is 88.7 Å². The highest BCUT2D eigenvalue weighted by molar-refractivity contribution is 8.25. The first kappa shape index (κ1) is 20.6. The summed E-state index contributed by atoms with van der Waals surface area (Å²) in [7, 11) is -7.31. The number of carbonyl (C=O) groups excluding carboxylic acids is 1. The fraction of sp³-hybridized carbons (Fsp3) is 0.136. The van der Waals surface area contributed by atoms with E-state index < -0.39 is 31.6 Å². The van der Waals surface area contributed by atoms with Crippen LogP contribution >= 0.6 is 10.6 Å². The summed E-state index contributed by atoms with van der Waals surface area (Å²) >= 11 is 0. The topological polar surface area (TPSA) is 101 Å². The van der Waals surface area contributed by atoms with Gasteiger partial charge in [0.25, 0.3) is 0 Å². The van der Waals surface area contributed by atoms with Crippen molar-refractivity contribution in [1.29, 1.82) is 0 Å². The molecule has 0 spiro atoms. The van der Waals surface area contributed by atoms with Gasteiger partial charge in [-0.2, -0.15) is 10.6 Å². The zero-order valence-corrected chi connectivity index (χ0v) is 17.5. The highest BCUT2D eigenvalue weighted by Crippen LogP contribution is 2.62. The van der Waals surface area contributed by atoms with Gasteiger partial charge in [0, 0.05) is 5.56 Å². The van der Waals surface area contributed by atoms with Crippen LogP contribution in [0.4, 0.5) is 0 Å². The largest absolute Gasteiger partial charge is 0.457 e. The molecule has 0 saturated heterocycles. The summed E-state index contributed by atoms with van der Waals surface area (Å²) in [6.45, 7) is 0.0235. The van der Waals surface area contributed by atoms with Crippen LogP contribution in [0.5, 0.6) is 0 Å². The highest BCUT2D eigenvalue weighted by atomic mass is 32.3. The van der Waals surface area contributed by atoms with Crippen molar-refractivity contribution in [3.63, 3.8) is 0 Å². The lowest BCUT2D eigenvalue weighted by molar-refractivity contribution is 0.0471. The maximum atomic E-state index is 13.3. The van der Waals surface area contributed by atoms with E-state index in [1.54, 1.807) is 18.2 Å². The van der Waals surface area contributed by atoms with Gasteiger partial charge in [-0.1, -0.05) is 54.6 Å². The van der Waals surface area contributed by atoms with E-state index in [9.17, 15) is 22.3 Å². The van der Waals surface area contributed by atoms with Crippen molar-refractivity contribution in [2.24, 2.45) is 0 Å². The Hall–Kier alpha value is -2.65. The van der Waals surface area contributed by atoms with Crippen LogP contribution in [0.1, 0.15) is 26.7 Å². The smallest absolute Gasteiger partial charge is 0.338 e. The number of hydrogen-bond acceptors (Lipinski definition) is 6. The van der Waals surface area contributed by atoms with Gasteiger partial charge in [0.1, 0.15) is 11.9 Å². The van der Waals surface area contributed by atoms with Crippen molar-refractivity contribution in [3.05, 3.63) is 95.6 Å². The van der Waals surface area contributed by atoms with Gasteiger partial charge >= 0.3 is 5.97 Å². The van der Waals surface area contributed by atoms with Crippen molar-refractivity contribution in [3.8, 4) is 0 Å². The second kappa shape index (κ2) is 7.88. The third-order valence-corrected chi connectivity index (χ3v) is 9.15. The predicted octanol–water partition coefficient (Wildman–Crippen LogP) is 4.68. The molecular formula is C22H20O6S2. The molecule has 1 unspecified atom stereocenters. The highest BCUT2D eigenvalue weighted by Gasteiger charge is 2.45. The van der Waals surface area contributed by atoms with E-state index in [2.05, 4.69) is 0 Å². The summed E-state index contributed by atoms with van der Waals surface area (Å²) in [6, 6.07) is 21.3. The molecule has 8 heteroatoms. The first-order chi connectivity index (χ1) is 14.3. The average Bonchev–Trinajstić information content (AvgIpc) is 3.05. The maximum Gasteiger partial charge on any atom is 0.338 e. The molecule has 3 aromatic carbocycles. The number of ether oxygens (including phenoxy) is 1. The molecule has 3 aromatic rings. The van der Waals surface area contributed by atoms with Crippen molar-refractivity contribution < 1.29 is 27.1 Å². The third-order valence-electron chi connectivity index (χ3n) is 5.00. The van der Waals surface area contributed by atoms with E-state index in [0.717, 1.165) is 5.56 Å². The molecule has 0 fully saturated rings. The maximum absolute atomic E-state index is 13.3. The van der Waals surface area contributed by atoms with Gasteiger partial charge in [0.05, 0.1) is 21.1 Å². The lowest BCUT2D eigenvalue weighted by Crippen LogP contribution is -2.18. The number of fused-ring (bicyclic) bond motifs is 1. The Morgan fingerprint density at radius 3 is 2.23 bits per heavy atom. The molecule has 0 aliphatic carbocycles. The van der Waals surface area contributed by atoms with E-state index >= 15 is 0 Å². The Balaban J connectivity index is 1.74. The molecule has 1 heterocycles. The summed E-state index contributed by atoms with van der Waals surface area (Å²) in [5, 5.41) is -1.25. The molecule has 30 heavy (non-hydrogen) atoms. The third kappa shape index (κ3) is 3.75. The van der Waals surface area contributed by atoms with Gasteiger partial charge < -0.3 is 4.74 Å². The minimum Gasteiger partial charge on any atom is -0.457 e. The summed E-state index contributed by atoms with van der Waals surface area (Å²) in [6.07, 6.45) is 0. The number of sulfone groups is 1. The second-order valence-electron chi connectivity index (χ2n) is 6.96. The van der Waals surface area contributed by atoms with Gasteiger partial charge in [-0.15, -0.1) is 0 Å². The van der Waals surface area contributed by atoms with Gasteiger partial charge in [-0.05, 0) is 29.8 Å². The summed E-state index contributed by atoms with van der Waals surface area (Å²) in [4.78, 5) is 13.0. The molecule has 156 valence electrons. The Bertz CT molecular complexity index is 1170. The van der Waals surface area contributed by atoms with Gasteiger partial charge in [-0.25, -0.2) is 13.2 Å². The molecule has 1 aliphatic heterocycles. The van der Waals surface area contributed by atoms with Gasteiger partial charge in [-0.3, -0.25) is 9.11 Å². The molecule has 6 nitrogen and oxygen atoms in total. The first-order valence-corrected chi connectivity index (χ1v) is 12.5. The molecule has 0 amide bonds. The SMILES string of the molecule is O=C(OCc1ccccc1)c1cccc2c1C(S(=O)(=O)c1ccccc1)CS2(O)O. The molecule has 4 rings (SSSR count). The van der Waals surface area contributed by atoms with Crippen LogP contribution in [0, 0.1) is 0 Å². The number of carbonyl (C=O) groups is 1.